The van der Waals surface area contributed by atoms with Crippen LogP contribution in [0.2, 0.25) is 0 Å². The number of piperazine rings is 1. The normalized spacial score (nSPS) is 15.5. The molecule has 0 saturated carbocycles. The Hall–Kier alpha value is -1.73. The van der Waals surface area contributed by atoms with Gasteiger partial charge in [0.25, 0.3) is 0 Å². The number of fused-ring (bicyclic) bond motifs is 1. The highest BCUT2D eigenvalue weighted by molar-refractivity contribution is 5.95. The number of pyridine rings is 1. The average Bonchev–Trinajstić information content (AvgIpc) is 2.46. The largest absolute Gasteiger partial charge is 0.573 e. The molecule has 1 aliphatic heterocycles. The van der Waals surface area contributed by atoms with Crippen molar-refractivity contribution in [2.45, 2.75) is 6.36 Å². The summed E-state index contributed by atoms with van der Waals surface area (Å²) in [6.45, 7) is 3.32. The van der Waals surface area contributed by atoms with Crippen LogP contribution in [-0.2, 0) is 0 Å². The SMILES string of the molecule is Cl.FC(F)(F)Oc1cccc2c(N3CCNCC3)ccnc12. The van der Waals surface area contributed by atoms with Gasteiger partial charge in [-0.1, -0.05) is 12.1 Å². The lowest BCUT2D eigenvalue weighted by atomic mass is 10.1. The van der Waals surface area contributed by atoms with Crippen molar-refractivity contribution in [1.29, 1.82) is 0 Å². The van der Waals surface area contributed by atoms with E-state index in [4.69, 9.17) is 0 Å². The lowest BCUT2D eigenvalue weighted by Crippen LogP contribution is -2.43. The molecule has 120 valence electrons. The fraction of sp³-hybridized carbons (Fsp3) is 0.357. The minimum atomic E-state index is -4.72. The van der Waals surface area contributed by atoms with E-state index in [0.717, 1.165) is 31.9 Å². The van der Waals surface area contributed by atoms with E-state index in [9.17, 15) is 13.2 Å². The smallest absolute Gasteiger partial charge is 0.403 e. The first-order chi connectivity index (χ1) is 10.0. The molecule has 0 atom stereocenters. The maximum Gasteiger partial charge on any atom is 0.573 e. The fourth-order valence-electron chi connectivity index (χ4n) is 2.52. The van der Waals surface area contributed by atoms with Gasteiger partial charge in [-0.25, -0.2) is 0 Å². The average molecular weight is 334 g/mol. The second-order valence-corrected chi connectivity index (χ2v) is 4.77. The van der Waals surface area contributed by atoms with Crippen LogP contribution in [0, 0.1) is 0 Å². The monoisotopic (exact) mass is 333 g/mol. The predicted octanol–water partition coefficient (Wildman–Crippen LogP) is 2.96. The summed E-state index contributed by atoms with van der Waals surface area (Å²) in [5.41, 5.74) is 1.11. The van der Waals surface area contributed by atoms with Gasteiger partial charge in [0.2, 0.25) is 0 Å². The maximum absolute atomic E-state index is 12.5. The number of halogens is 4. The van der Waals surface area contributed by atoms with E-state index in [-0.39, 0.29) is 23.7 Å². The van der Waals surface area contributed by atoms with Crippen molar-refractivity contribution >= 4 is 29.0 Å². The van der Waals surface area contributed by atoms with Gasteiger partial charge in [0.15, 0.2) is 5.75 Å². The van der Waals surface area contributed by atoms with Crippen molar-refractivity contribution in [2.24, 2.45) is 0 Å². The van der Waals surface area contributed by atoms with Crippen LogP contribution < -0.4 is 15.0 Å². The molecule has 3 rings (SSSR count). The van der Waals surface area contributed by atoms with Gasteiger partial charge in [0.05, 0.1) is 0 Å². The molecule has 8 heteroatoms. The van der Waals surface area contributed by atoms with Gasteiger partial charge in [-0.05, 0) is 12.1 Å². The number of nitrogens with one attached hydrogen (secondary N) is 1. The van der Waals surface area contributed by atoms with Crippen LogP contribution in [0.4, 0.5) is 18.9 Å². The van der Waals surface area contributed by atoms with Gasteiger partial charge in [-0.2, -0.15) is 0 Å². The number of hydrogen-bond acceptors (Lipinski definition) is 4. The molecule has 4 nitrogen and oxygen atoms in total. The zero-order valence-corrected chi connectivity index (χ0v) is 12.4. The number of benzene rings is 1. The van der Waals surface area contributed by atoms with Gasteiger partial charge < -0.3 is 15.0 Å². The molecule has 1 aromatic carbocycles. The van der Waals surface area contributed by atoms with E-state index >= 15 is 0 Å². The molecule has 0 radical (unpaired) electrons. The first kappa shape index (κ1) is 16.6. The molecule has 0 spiro atoms. The highest BCUT2D eigenvalue weighted by Crippen LogP contribution is 2.33. The topological polar surface area (TPSA) is 37.4 Å². The minimum absolute atomic E-state index is 0. The molecular formula is C14H15ClF3N3O. The number of rotatable bonds is 2. The van der Waals surface area contributed by atoms with Crippen molar-refractivity contribution in [3.8, 4) is 5.75 Å². The number of nitrogens with zero attached hydrogens (tertiary/aromatic N) is 2. The van der Waals surface area contributed by atoms with Crippen LogP contribution in [-0.4, -0.2) is 37.5 Å². The second-order valence-electron chi connectivity index (χ2n) is 4.77. The van der Waals surface area contributed by atoms with Crippen LogP contribution in [0.15, 0.2) is 30.5 Å². The molecule has 0 amide bonds. The van der Waals surface area contributed by atoms with Crippen LogP contribution in [0.1, 0.15) is 0 Å². The summed E-state index contributed by atoms with van der Waals surface area (Å²) in [4.78, 5) is 6.19. The van der Waals surface area contributed by atoms with Crippen molar-refractivity contribution < 1.29 is 17.9 Å². The van der Waals surface area contributed by atoms with Crippen LogP contribution >= 0.6 is 12.4 Å². The summed E-state index contributed by atoms with van der Waals surface area (Å²) in [6.07, 6.45) is -3.20. The zero-order chi connectivity index (χ0) is 14.9. The Bertz CT molecular complexity index is 645. The van der Waals surface area contributed by atoms with Crippen LogP contribution in [0.25, 0.3) is 10.9 Å². The van der Waals surface area contributed by atoms with E-state index < -0.39 is 6.36 Å². The number of hydrogen-bond donors (Lipinski definition) is 1. The van der Waals surface area contributed by atoms with E-state index in [1.807, 2.05) is 6.07 Å². The third-order valence-corrected chi connectivity index (χ3v) is 3.39. The Morgan fingerprint density at radius 3 is 2.55 bits per heavy atom. The van der Waals surface area contributed by atoms with Crippen molar-refractivity contribution in [1.82, 2.24) is 10.3 Å². The predicted molar refractivity (Wildman–Crippen MR) is 80.8 cm³/mol. The number of para-hydroxylation sites is 1. The Morgan fingerprint density at radius 2 is 1.86 bits per heavy atom. The highest BCUT2D eigenvalue weighted by atomic mass is 35.5. The summed E-state index contributed by atoms with van der Waals surface area (Å²) < 4.78 is 41.4. The van der Waals surface area contributed by atoms with E-state index in [1.165, 1.54) is 12.3 Å². The summed E-state index contributed by atoms with van der Waals surface area (Å²) in [5, 5.41) is 3.91. The Kier molecular flexibility index (Phi) is 4.97. The van der Waals surface area contributed by atoms with Gasteiger partial charge in [0, 0.05) is 43.4 Å². The molecule has 0 unspecified atom stereocenters. The van der Waals surface area contributed by atoms with Gasteiger partial charge >= 0.3 is 6.36 Å². The van der Waals surface area contributed by atoms with Gasteiger partial charge in [-0.3, -0.25) is 4.98 Å². The zero-order valence-electron chi connectivity index (χ0n) is 11.6. The van der Waals surface area contributed by atoms with E-state index in [0.29, 0.717) is 5.39 Å². The molecule has 1 saturated heterocycles. The lowest BCUT2D eigenvalue weighted by Gasteiger charge is -2.30. The highest BCUT2D eigenvalue weighted by Gasteiger charge is 2.32. The van der Waals surface area contributed by atoms with Crippen molar-refractivity contribution in [3.63, 3.8) is 0 Å². The first-order valence-corrected chi connectivity index (χ1v) is 6.64. The van der Waals surface area contributed by atoms with Crippen LogP contribution in [0.3, 0.4) is 0 Å². The molecule has 1 aliphatic rings. The van der Waals surface area contributed by atoms with Crippen LogP contribution in [0.5, 0.6) is 5.75 Å². The quantitative estimate of drug-likeness (QED) is 0.917. The van der Waals surface area contributed by atoms with Gasteiger partial charge in [0.1, 0.15) is 5.52 Å². The van der Waals surface area contributed by atoms with E-state index in [1.54, 1.807) is 12.1 Å². The third kappa shape index (κ3) is 3.53. The molecule has 1 N–H and O–H groups in total. The summed E-state index contributed by atoms with van der Waals surface area (Å²) in [7, 11) is 0. The molecule has 0 bridgehead atoms. The molecule has 2 aromatic rings. The Morgan fingerprint density at radius 1 is 1.14 bits per heavy atom. The van der Waals surface area contributed by atoms with E-state index in [2.05, 4.69) is 19.9 Å². The lowest BCUT2D eigenvalue weighted by molar-refractivity contribution is -0.274. The molecule has 22 heavy (non-hydrogen) atoms. The maximum atomic E-state index is 12.5. The summed E-state index contributed by atoms with van der Waals surface area (Å²) in [5.74, 6) is -0.267. The number of aromatic nitrogens is 1. The molecule has 1 aromatic heterocycles. The third-order valence-electron chi connectivity index (χ3n) is 3.39. The summed E-state index contributed by atoms with van der Waals surface area (Å²) in [6, 6.07) is 6.43. The van der Waals surface area contributed by atoms with Crippen molar-refractivity contribution in [3.05, 3.63) is 30.5 Å². The number of alkyl halides is 3. The standard InChI is InChI=1S/C14H14F3N3O.ClH/c15-14(16,17)21-12-3-1-2-10-11(4-5-19-13(10)12)20-8-6-18-7-9-20;/h1-5,18H,6-9H2;1H. The number of ether oxygens (including phenoxy) is 1. The molecule has 2 heterocycles. The number of anilines is 1. The molecule has 0 aliphatic carbocycles. The Balaban J connectivity index is 0.00000176. The summed E-state index contributed by atoms with van der Waals surface area (Å²) >= 11 is 0. The molecular weight excluding hydrogens is 319 g/mol. The van der Waals surface area contributed by atoms with Gasteiger partial charge in [-0.15, -0.1) is 25.6 Å². The molecule has 1 fully saturated rings. The fourth-order valence-corrected chi connectivity index (χ4v) is 2.52. The Labute approximate surface area is 131 Å². The minimum Gasteiger partial charge on any atom is -0.403 e. The second kappa shape index (κ2) is 6.58. The van der Waals surface area contributed by atoms with Crippen molar-refractivity contribution in [2.75, 3.05) is 31.1 Å². The first-order valence-electron chi connectivity index (χ1n) is 6.64.